The number of hydrogen-bond acceptors (Lipinski definition) is 4. The molecule has 2 aromatic heterocycles. The second-order valence-electron chi connectivity index (χ2n) is 6.05. The average molecular weight is 414 g/mol. The number of rotatable bonds is 6. The quantitative estimate of drug-likeness (QED) is 0.651. The molecule has 9 heteroatoms. The minimum Gasteiger partial charge on any atom is -0.236 e. The number of nitrogens with zero attached hydrogens (tertiary/aromatic N) is 2. The van der Waals surface area contributed by atoms with Crippen LogP contribution in [0.15, 0.2) is 52.9 Å². The molecule has 0 spiro atoms. The van der Waals surface area contributed by atoms with Gasteiger partial charge >= 0.3 is 0 Å². The first-order valence-electron chi connectivity index (χ1n) is 7.85. The molecule has 1 aromatic carbocycles. The molecule has 2 heterocycles. The van der Waals surface area contributed by atoms with Crippen molar-refractivity contribution in [2.24, 2.45) is 5.92 Å². The number of thiophene rings is 1. The second-order valence-corrected chi connectivity index (χ2v) is 9.70. The van der Waals surface area contributed by atoms with Gasteiger partial charge in [-0.05, 0) is 48.4 Å². The molecule has 0 bridgehead atoms. The van der Waals surface area contributed by atoms with Crippen molar-refractivity contribution in [3.63, 3.8) is 0 Å². The van der Waals surface area contributed by atoms with E-state index in [1.54, 1.807) is 35.1 Å². The van der Waals surface area contributed by atoms with Gasteiger partial charge < -0.3 is 0 Å². The summed E-state index contributed by atoms with van der Waals surface area (Å²) in [4.78, 5) is 0. The minimum atomic E-state index is -3.73. The van der Waals surface area contributed by atoms with Crippen molar-refractivity contribution >= 4 is 33.0 Å². The molecular weight excluding hydrogens is 397 g/mol. The van der Waals surface area contributed by atoms with Crippen LogP contribution in [-0.2, 0) is 10.0 Å². The summed E-state index contributed by atoms with van der Waals surface area (Å²) in [5, 5.41) is 4.27. The Bertz CT molecular complexity index is 997. The van der Waals surface area contributed by atoms with Gasteiger partial charge in [0.15, 0.2) is 0 Å². The Hall–Kier alpha value is -1.74. The third-order valence-electron chi connectivity index (χ3n) is 3.82. The molecule has 1 atom stereocenters. The van der Waals surface area contributed by atoms with Crippen LogP contribution in [0.5, 0.6) is 0 Å². The first-order valence-corrected chi connectivity index (χ1v) is 10.5. The van der Waals surface area contributed by atoms with E-state index >= 15 is 0 Å². The molecule has 26 heavy (non-hydrogen) atoms. The molecule has 0 saturated carbocycles. The summed E-state index contributed by atoms with van der Waals surface area (Å²) < 4.78 is 43.5. The van der Waals surface area contributed by atoms with E-state index in [1.165, 1.54) is 18.2 Å². The summed E-state index contributed by atoms with van der Waals surface area (Å²) in [6.07, 6.45) is 1.59. The normalized spacial score (nSPS) is 13.3. The summed E-state index contributed by atoms with van der Waals surface area (Å²) >= 11 is 6.86. The van der Waals surface area contributed by atoms with Crippen LogP contribution in [0, 0.1) is 11.7 Å². The number of benzene rings is 1. The molecule has 0 radical (unpaired) electrons. The van der Waals surface area contributed by atoms with E-state index in [0.29, 0.717) is 15.7 Å². The first kappa shape index (κ1) is 19.0. The second kappa shape index (κ2) is 7.48. The Morgan fingerprint density at radius 1 is 1.15 bits per heavy atom. The SMILES string of the molecule is CC(C)[C@H](NS(=O)(=O)c1ccc(Cl)s1)c1ccnn1-c1ccc(F)cc1. The predicted octanol–water partition coefficient (Wildman–Crippen LogP) is 4.40. The van der Waals surface area contributed by atoms with Crippen LogP contribution in [0.25, 0.3) is 5.69 Å². The highest BCUT2D eigenvalue weighted by Gasteiger charge is 2.27. The lowest BCUT2D eigenvalue weighted by Gasteiger charge is -2.23. The first-order chi connectivity index (χ1) is 12.3. The third kappa shape index (κ3) is 3.98. The van der Waals surface area contributed by atoms with E-state index in [4.69, 9.17) is 11.6 Å². The molecule has 0 aliphatic heterocycles. The zero-order valence-electron chi connectivity index (χ0n) is 14.1. The Labute approximate surface area is 160 Å². The van der Waals surface area contributed by atoms with Gasteiger partial charge in [0.25, 0.3) is 10.0 Å². The number of nitrogens with one attached hydrogen (secondary N) is 1. The van der Waals surface area contributed by atoms with Crippen molar-refractivity contribution in [1.82, 2.24) is 14.5 Å². The number of sulfonamides is 1. The monoisotopic (exact) mass is 413 g/mol. The van der Waals surface area contributed by atoms with Crippen LogP contribution in [0.1, 0.15) is 25.6 Å². The summed E-state index contributed by atoms with van der Waals surface area (Å²) in [7, 11) is -3.73. The van der Waals surface area contributed by atoms with Crippen molar-refractivity contribution < 1.29 is 12.8 Å². The zero-order valence-corrected chi connectivity index (χ0v) is 16.4. The van der Waals surface area contributed by atoms with Gasteiger partial charge in [-0.15, -0.1) is 11.3 Å². The van der Waals surface area contributed by atoms with Crippen molar-refractivity contribution in [3.05, 3.63) is 64.5 Å². The fourth-order valence-corrected chi connectivity index (χ4v) is 5.41. The van der Waals surface area contributed by atoms with Gasteiger partial charge in [-0.2, -0.15) is 5.10 Å². The Morgan fingerprint density at radius 3 is 2.42 bits per heavy atom. The minimum absolute atomic E-state index is 0.0453. The lowest BCUT2D eigenvalue weighted by molar-refractivity contribution is 0.446. The predicted molar refractivity (Wildman–Crippen MR) is 101 cm³/mol. The van der Waals surface area contributed by atoms with Crippen molar-refractivity contribution in [1.29, 1.82) is 0 Å². The molecule has 3 rings (SSSR count). The highest BCUT2D eigenvalue weighted by Crippen LogP contribution is 2.30. The summed E-state index contributed by atoms with van der Waals surface area (Å²) in [5.74, 6) is -0.394. The van der Waals surface area contributed by atoms with Crippen LogP contribution in [-0.4, -0.2) is 18.2 Å². The average Bonchev–Trinajstić information content (AvgIpc) is 3.22. The molecule has 0 saturated heterocycles. The van der Waals surface area contributed by atoms with Crippen LogP contribution in [0.4, 0.5) is 4.39 Å². The van der Waals surface area contributed by atoms with Gasteiger partial charge in [0.2, 0.25) is 0 Å². The smallest absolute Gasteiger partial charge is 0.236 e. The van der Waals surface area contributed by atoms with E-state index in [0.717, 1.165) is 11.3 Å². The number of halogens is 2. The summed E-state index contributed by atoms with van der Waals surface area (Å²) in [6, 6.07) is 10.1. The highest BCUT2D eigenvalue weighted by molar-refractivity contribution is 7.91. The molecule has 0 unspecified atom stereocenters. The Morgan fingerprint density at radius 2 is 1.85 bits per heavy atom. The fourth-order valence-electron chi connectivity index (χ4n) is 2.55. The van der Waals surface area contributed by atoms with Gasteiger partial charge in [0.1, 0.15) is 10.0 Å². The Kier molecular flexibility index (Phi) is 5.47. The van der Waals surface area contributed by atoms with Crippen LogP contribution >= 0.6 is 22.9 Å². The van der Waals surface area contributed by atoms with Crippen molar-refractivity contribution in [2.75, 3.05) is 0 Å². The van der Waals surface area contributed by atoms with E-state index < -0.39 is 16.1 Å². The van der Waals surface area contributed by atoms with Crippen LogP contribution in [0.3, 0.4) is 0 Å². The largest absolute Gasteiger partial charge is 0.250 e. The molecule has 138 valence electrons. The van der Waals surface area contributed by atoms with Gasteiger partial charge in [-0.25, -0.2) is 22.2 Å². The van der Waals surface area contributed by atoms with E-state index in [9.17, 15) is 12.8 Å². The Balaban J connectivity index is 1.97. The molecule has 3 aromatic rings. The summed E-state index contributed by atoms with van der Waals surface area (Å²) in [5.41, 5.74) is 1.31. The van der Waals surface area contributed by atoms with Crippen LogP contribution < -0.4 is 4.72 Å². The maximum atomic E-state index is 13.2. The maximum absolute atomic E-state index is 13.2. The lowest BCUT2D eigenvalue weighted by Crippen LogP contribution is -2.32. The van der Waals surface area contributed by atoms with Crippen LogP contribution in [0.2, 0.25) is 4.34 Å². The highest BCUT2D eigenvalue weighted by atomic mass is 35.5. The standard InChI is InChI=1S/C17H17ClFN3O2S2/c1-11(2)17(21-26(23,24)16-8-7-15(18)25-16)14-9-10-20-22(14)13-5-3-12(19)4-6-13/h3-11,17,21H,1-2H3/t17-/m0/s1. The zero-order chi connectivity index (χ0) is 18.9. The van der Waals surface area contributed by atoms with E-state index in [2.05, 4.69) is 9.82 Å². The third-order valence-corrected chi connectivity index (χ3v) is 6.99. The van der Waals surface area contributed by atoms with Gasteiger partial charge in [0, 0.05) is 6.20 Å². The molecule has 0 amide bonds. The molecular formula is C17H17ClFN3O2S2. The molecule has 0 fully saturated rings. The topological polar surface area (TPSA) is 64.0 Å². The van der Waals surface area contributed by atoms with Gasteiger partial charge in [0.05, 0.1) is 21.8 Å². The molecule has 0 aliphatic carbocycles. The fraction of sp³-hybridized carbons (Fsp3) is 0.235. The van der Waals surface area contributed by atoms with Crippen molar-refractivity contribution in [3.8, 4) is 5.69 Å². The van der Waals surface area contributed by atoms with E-state index in [-0.39, 0.29) is 15.9 Å². The summed E-state index contributed by atoms with van der Waals surface area (Å²) in [6.45, 7) is 3.83. The lowest BCUT2D eigenvalue weighted by atomic mass is 10.0. The molecule has 1 N–H and O–H groups in total. The van der Waals surface area contributed by atoms with Crippen molar-refractivity contribution in [2.45, 2.75) is 24.1 Å². The molecule has 0 aliphatic rings. The van der Waals surface area contributed by atoms with Gasteiger partial charge in [-0.3, -0.25) is 0 Å². The molecule has 5 nitrogen and oxygen atoms in total. The van der Waals surface area contributed by atoms with Gasteiger partial charge in [-0.1, -0.05) is 25.4 Å². The van der Waals surface area contributed by atoms with E-state index in [1.807, 2.05) is 13.8 Å². The number of hydrogen-bond donors (Lipinski definition) is 1. The number of aromatic nitrogens is 2. The maximum Gasteiger partial charge on any atom is 0.250 e.